The van der Waals surface area contributed by atoms with Gasteiger partial charge in [0.15, 0.2) is 5.78 Å². The van der Waals surface area contributed by atoms with Crippen molar-refractivity contribution in [3.8, 4) is 0 Å². The number of ketones is 1. The fourth-order valence-corrected chi connectivity index (χ4v) is 7.35. The van der Waals surface area contributed by atoms with Gasteiger partial charge in [-0.3, -0.25) is 4.79 Å². The molecule has 0 saturated heterocycles. The molecule has 4 aromatic rings. The minimum absolute atomic E-state index is 0.262. The molecule has 1 nitrogen and oxygen atoms in total. The van der Waals surface area contributed by atoms with Crippen molar-refractivity contribution < 1.29 is 13.6 Å². The number of hydrogen-bond donors (Lipinski definition) is 0. The van der Waals surface area contributed by atoms with E-state index in [1.54, 1.807) is 5.80 Å². The lowest BCUT2D eigenvalue weighted by molar-refractivity contribution is 0.106. The topological polar surface area (TPSA) is 17.1 Å². The number of hydrogen-bond acceptors (Lipinski definition) is 1. The average Bonchev–Trinajstić information content (AvgIpc) is 2.80. The molecule has 30 heavy (non-hydrogen) atoms. The molecule has 0 fully saturated rings. The maximum atomic E-state index is 14.4. The molecule has 0 bridgehead atoms. The van der Waals surface area contributed by atoms with E-state index in [1.807, 2.05) is 91.0 Å². The first-order chi connectivity index (χ1) is 14.6. The van der Waals surface area contributed by atoms with Crippen molar-refractivity contribution >= 4 is 34.4 Å². The van der Waals surface area contributed by atoms with Crippen LogP contribution >= 0.6 is 6.89 Å². The lowest BCUT2D eigenvalue weighted by Gasteiger charge is -2.28. The second-order valence-corrected chi connectivity index (χ2v) is 10.1. The van der Waals surface area contributed by atoms with E-state index < -0.39 is 24.3 Å². The van der Waals surface area contributed by atoms with Crippen LogP contribution in [0.25, 0.3) is 0 Å². The van der Waals surface area contributed by atoms with E-state index in [0.29, 0.717) is 0 Å². The summed E-state index contributed by atoms with van der Waals surface area (Å²) in [6.07, 6.45) is 0. The molecular formula is C26H19F2OP. The van der Waals surface area contributed by atoms with Gasteiger partial charge in [-0.2, -0.15) is 0 Å². The Balaban J connectivity index is 2.08. The first kappa shape index (κ1) is 20.0. The Morgan fingerprint density at radius 2 is 1.07 bits per heavy atom. The minimum Gasteiger partial charge on any atom is -0.289 e. The Kier molecular flexibility index (Phi) is 5.74. The summed E-state index contributed by atoms with van der Waals surface area (Å²) in [4.78, 5) is 13.3. The highest BCUT2D eigenvalue weighted by Crippen LogP contribution is 2.43. The van der Waals surface area contributed by atoms with Gasteiger partial charge < -0.3 is 0 Å². The van der Waals surface area contributed by atoms with Gasteiger partial charge in [0.25, 0.3) is 0 Å². The smallest absolute Gasteiger partial charge is 0.189 e. The summed E-state index contributed by atoms with van der Waals surface area (Å²) in [6.45, 7) is -2.57. The lowest BCUT2D eigenvalue weighted by Crippen LogP contribution is -2.28. The summed E-state index contributed by atoms with van der Waals surface area (Å²) < 4.78 is 28.2. The van der Waals surface area contributed by atoms with Crippen molar-refractivity contribution in [3.63, 3.8) is 0 Å². The Morgan fingerprint density at radius 1 is 0.633 bits per heavy atom. The average molecular weight is 416 g/mol. The fraction of sp³-hybridized carbons (Fsp3) is 0. The highest BCUT2D eigenvalue weighted by atomic mass is 31.2. The third-order valence-corrected chi connectivity index (χ3v) is 8.96. The quantitative estimate of drug-likeness (QED) is 0.333. The van der Waals surface area contributed by atoms with Crippen LogP contribution in [0.15, 0.2) is 109 Å². The molecule has 0 saturated carbocycles. The third kappa shape index (κ3) is 3.77. The molecule has 4 rings (SSSR count). The van der Waals surface area contributed by atoms with Gasteiger partial charge in [0.05, 0.1) is 5.56 Å². The number of carbonyl (C=O) groups is 1. The fourth-order valence-electron chi connectivity index (χ4n) is 3.59. The van der Waals surface area contributed by atoms with Crippen molar-refractivity contribution in [1.29, 1.82) is 0 Å². The van der Waals surface area contributed by atoms with Crippen molar-refractivity contribution in [2.45, 2.75) is 0 Å². The molecule has 0 N–H and O–H groups in total. The predicted molar refractivity (Wildman–Crippen MR) is 122 cm³/mol. The van der Waals surface area contributed by atoms with Crippen molar-refractivity contribution in [2.24, 2.45) is 0 Å². The molecule has 4 aromatic carbocycles. The van der Waals surface area contributed by atoms with Gasteiger partial charge in [0.1, 0.15) is 11.6 Å². The molecule has 0 unspecified atom stereocenters. The Bertz CT molecular complexity index is 1120. The van der Waals surface area contributed by atoms with E-state index in [-0.39, 0.29) is 5.56 Å². The minimum atomic E-state index is -2.57. The van der Waals surface area contributed by atoms with Crippen LogP contribution in [0.5, 0.6) is 0 Å². The zero-order valence-corrected chi connectivity index (χ0v) is 17.0. The summed E-state index contributed by atoms with van der Waals surface area (Å²) in [7, 11) is 0. The third-order valence-electron chi connectivity index (χ3n) is 5.00. The first-order valence-corrected chi connectivity index (χ1v) is 11.4. The Labute approximate surface area is 174 Å². The molecule has 0 spiro atoms. The van der Waals surface area contributed by atoms with Crippen molar-refractivity contribution in [1.82, 2.24) is 0 Å². The molecule has 0 atom stereocenters. The molecule has 0 radical (unpaired) electrons. The zero-order chi connectivity index (χ0) is 21.0. The SMILES string of the molecule is O=C(C=P(c1ccccc1)(c1ccccc1)c1ccccc1)c1cc(F)ccc1F. The molecule has 0 heterocycles. The number of halogens is 2. The van der Waals surface area contributed by atoms with E-state index in [4.69, 9.17) is 0 Å². The largest absolute Gasteiger partial charge is 0.289 e. The van der Waals surface area contributed by atoms with Crippen LogP contribution in [0.4, 0.5) is 8.78 Å². The van der Waals surface area contributed by atoms with Gasteiger partial charge in [-0.05, 0) is 46.8 Å². The van der Waals surface area contributed by atoms with Crippen LogP contribution in [-0.4, -0.2) is 11.6 Å². The number of carbonyl (C=O) groups excluding carboxylic acids is 1. The molecule has 0 aliphatic rings. The van der Waals surface area contributed by atoms with Crippen molar-refractivity contribution in [3.05, 3.63) is 126 Å². The summed E-state index contributed by atoms with van der Waals surface area (Å²) in [6, 6.07) is 32.2. The second-order valence-electron chi connectivity index (χ2n) is 6.85. The van der Waals surface area contributed by atoms with E-state index in [2.05, 4.69) is 0 Å². The maximum Gasteiger partial charge on any atom is 0.189 e. The highest BCUT2D eigenvalue weighted by Gasteiger charge is 2.27. The monoisotopic (exact) mass is 416 g/mol. The molecule has 0 aliphatic carbocycles. The van der Waals surface area contributed by atoms with Crippen LogP contribution in [0.3, 0.4) is 0 Å². The van der Waals surface area contributed by atoms with Crippen LogP contribution in [-0.2, 0) is 0 Å². The molecular weight excluding hydrogens is 397 g/mol. The number of Topliss-reactive ketones (excluding diaryl/α,β-unsaturated/α-hetero) is 1. The van der Waals surface area contributed by atoms with Gasteiger partial charge in [-0.25, -0.2) is 8.78 Å². The number of benzene rings is 4. The number of rotatable bonds is 5. The molecule has 0 amide bonds. The van der Waals surface area contributed by atoms with Gasteiger partial charge in [0, 0.05) is 0 Å². The second kappa shape index (κ2) is 8.61. The van der Waals surface area contributed by atoms with Gasteiger partial charge in [-0.1, -0.05) is 91.0 Å². The van der Waals surface area contributed by atoms with Crippen molar-refractivity contribution in [2.75, 3.05) is 0 Å². The molecule has 0 aliphatic heterocycles. The summed E-state index contributed by atoms with van der Waals surface area (Å²) in [5.74, 6) is -0.303. The maximum absolute atomic E-state index is 14.4. The molecule has 148 valence electrons. The Morgan fingerprint density at radius 3 is 1.50 bits per heavy atom. The van der Waals surface area contributed by atoms with Crippen LogP contribution in [0.1, 0.15) is 10.4 Å². The van der Waals surface area contributed by atoms with E-state index >= 15 is 0 Å². The first-order valence-electron chi connectivity index (χ1n) is 9.52. The van der Waals surface area contributed by atoms with Crippen LogP contribution < -0.4 is 15.9 Å². The van der Waals surface area contributed by atoms with Crippen LogP contribution in [0, 0.1) is 11.6 Å². The van der Waals surface area contributed by atoms with Gasteiger partial charge >= 0.3 is 0 Å². The van der Waals surface area contributed by atoms with Crippen LogP contribution in [0.2, 0.25) is 0 Å². The summed E-state index contributed by atoms with van der Waals surface area (Å²) in [5.41, 5.74) is -0.262. The highest BCUT2D eigenvalue weighted by molar-refractivity contribution is 7.95. The van der Waals surface area contributed by atoms with E-state index in [0.717, 1.165) is 34.1 Å². The summed E-state index contributed by atoms with van der Waals surface area (Å²) in [5, 5.41) is 2.90. The molecule has 4 heteroatoms. The molecule has 0 aromatic heterocycles. The van der Waals surface area contributed by atoms with Gasteiger partial charge in [-0.15, -0.1) is 0 Å². The van der Waals surface area contributed by atoms with E-state index in [9.17, 15) is 13.6 Å². The summed E-state index contributed by atoms with van der Waals surface area (Å²) >= 11 is 0. The predicted octanol–water partition coefficient (Wildman–Crippen LogP) is 4.94. The van der Waals surface area contributed by atoms with Gasteiger partial charge in [0.2, 0.25) is 0 Å². The zero-order valence-electron chi connectivity index (χ0n) is 16.1. The Hall–Kier alpha value is -3.29. The standard InChI is InChI=1S/C26H19F2OP/c27-20-16-17-25(28)24(18-20)26(29)19-30(21-10-4-1-5-11-21,22-12-6-2-7-13-22)23-14-8-3-9-15-23/h1-19H. The van der Waals surface area contributed by atoms with E-state index in [1.165, 1.54) is 0 Å². The normalized spacial score (nSPS) is 11.1. The lowest BCUT2D eigenvalue weighted by atomic mass is 10.1.